The number of aliphatic carboxylic acids is 1. The van der Waals surface area contributed by atoms with E-state index in [2.05, 4.69) is 0 Å². The molecule has 0 radical (unpaired) electrons. The highest BCUT2D eigenvalue weighted by molar-refractivity contribution is 8.26. The van der Waals surface area contributed by atoms with Crippen LogP contribution in [0.2, 0.25) is 0 Å². The number of thioether (sulfide) groups is 1. The number of nitriles is 1. The van der Waals surface area contributed by atoms with E-state index in [9.17, 15) is 24.4 Å². The molecule has 2 saturated heterocycles. The van der Waals surface area contributed by atoms with Crippen molar-refractivity contribution in [3.63, 3.8) is 0 Å². The van der Waals surface area contributed by atoms with E-state index in [1.807, 2.05) is 11.0 Å². The van der Waals surface area contributed by atoms with Gasteiger partial charge in [0.2, 0.25) is 0 Å². The van der Waals surface area contributed by atoms with Crippen molar-refractivity contribution in [2.45, 2.75) is 39.5 Å². The monoisotopic (exact) mass is 532 g/mol. The number of thiocarbonyl (C=S) groups is 1. The summed E-state index contributed by atoms with van der Waals surface area (Å²) in [5, 5.41) is 18.5. The summed E-state index contributed by atoms with van der Waals surface area (Å²) in [6.45, 7) is 4.81. The summed E-state index contributed by atoms with van der Waals surface area (Å²) < 4.78 is 6.92. The molecule has 1 unspecified atom stereocenters. The lowest BCUT2D eigenvalue weighted by Gasteiger charge is -2.35. The molecule has 2 fully saturated rings. The number of nitrogens with zero attached hydrogens (tertiary/aromatic N) is 4. The first-order chi connectivity index (χ1) is 17.1. The molecule has 192 valence electrons. The molecule has 1 aromatic rings. The fourth-order valence-electron chi connectivity index (χ4n) is 4.43. The predicted molar refractivity (Wildman–Crippen MR) is 139 cm³/mol. The predicted octanol–water partition coefficient (Wildman–Crippen LogP) is 2.41. The lowest BCUT2D eigenvalue weighted by atomic mass is 9.96. The Kier molecular flexibility index (Phi) is 8.92. The van der Waals surface area contributed by atoms with Crippen molar-refractivity contribution >= 4 is 58.0 Å². The summed E-state index contributed by atoms with van der Waals surface area (Å²) in [6, 6.07) is 1.97. The number of ether oxygens (including phenoxy) is 1. The van der Waals surface area contributed by atoms with Crippen LogP contribution in [0.1, 0.15) is 49.3 Å². The van der Waals surface area contributed by atoms with E-state index >= 15 is 0 Å². The molecule has 0 bridgehead atoms. The van der Waals surface area contributed by atoms with E-state index in [-0.39, 0.29) is 49.4 Å². The molecule has 3 heterocycles. The van der Waals surface area contributed by atoms with Crippen LogP contribution in [0.25, 0.3) is 6.08 Å². The molecule has 1 aromatic heterocycles. The summed E-state index contributed by atoms with van der Waals surface area (Å²) in [5.74, 6) is -1.43. The van der Waals surface area contributed by atoms with Crippen LogP contribution in [0.5, 0.6) is 0 Å². The fraction of sp³-hybridized carbons (Fsp3) is 0.500. The number of piperidine rings is 1. The molecule has 0 spiro atoms. The third-order valence-corrected chi connectivity index (χ3v) is 7.61. The van der Waals surface area contributed by atoms with E-state index in [0.717, 1.165) is 11.8 Å². The smallest absolute Gasteiger partial charge is 0.310 e. The molecule has 0 saturated carbocycles. The Morgan fingerprint density at radius 3 is 2.72 bits per heavy atom. The van der Waals surface area contributed by atoms with Crippen LogP contribution >= 0.6 is 24.0 Å². The lowest BCUT2D eigenvalue weighted by molar-refractivity contribution is -0.148. The van der Waals surface area contributed by atoms with Gasteiger partial charge in [0, 0.05) is 38.7 Å². The van der Waals surface area contributed by atoms with Crippen molar-refractivity contribution in [3.8, 4) is 6.07 Å². The van der Waals surface area contributed by atoms with Gasteiger partial charge in [-0.1, -0.05) is 24.0 Å². The Bertz CT molecular complexity index is 1230. The minimum absolute atomic E-state index is 0.0246. The van der Waals surface area contributed by atoms with E-state index in [4.69, 9.17) is 22.1 Å². The van der Waals surface area contributed by atoms with Gasteiger partial charge in [-0.2, -0.15) is 5.26 Å². The van der Waals surface area contributed by atoms with Crippen molar-refractivity contribution in [2.24, 2.45) is 13.0 Å². The number of anilines is 1. The highest BCUT2D eigenvalue weighted by Gasteiger charge is 2.34. The highest BCUT2D eigenvalue weighted by Crippen LogP contribution is 2.36. The van der Waals surface area contributed by atoms with Crippen LogP contribution < -0.4 is 10.5 Å². The number of amides is 1. The van der Waals surface area contributed by atoms with Gasteiger partial charge in [0.15, 0.2) is 0 Å². The molecule has 1 amide bonds. The fourth-order valence-corrected chi connectivity index (χ4v) is 5.72. The molecule has 0 aromatic carbocycles. The van der Waals surface area contributed by atoms with Crippen molar-refractivity contribution in [1.29, 1.82) is 5.26 Å². The second-order valence-electron chi connectivity index (χ2n) is 8.58. The van der Waals surface area contributed by atoms with Gasteiger partial charge in [-0.25, -0.2) is 0 Å². The summed E-state index contributed by atoms with van der Waals surface area (Å²) >= 11 is 6.45. The number of pyridine rings is 1. The number of carboxylic acid groups (broad SMARTS) is 1. The third kappa shape index (κ3) is 5.63. The van der Waals surface area contributed by atoms with Gasteiger partial charge >= 0.3 is 11.9 Å². The second-order valence-corrected chi connectivity index (χ2v) is 10.3. The lowest BCUT2D eigenvalue weighted by Crippen LogP contribution is -2.42. The normalized spacial score (nSPS) is 19.1. The molecule has 3 rings (SSSR count). The van der Waals surface area contributed by atoms with E-state index in [1.54, 1.807) is 27.0 Å². The molecule has 1 N–H and O–H groups in total. The zero-order valence-corrected chi connectivity index (χ0v) is 22.0. The topological polar surface area (TPSA) is 133 Å². The highest BCUT2D eigenvalue weighted by atomic mass is 32.2. The molecular formula is C24H28N4O6S2. The van der Waals surface area contributed by atoms with Gasteiger partial charge in [0.1, 0.15) is 21.8 Å². The minimum Gasteiger partial charge on any atom is -0.481 e. The summed E-state index contributed by atoms with van der Waals surface area (Å²) in [5.41, 5.74) is 0.485. The summed E-state index contributed by atoms with van der Waals surface area (Å²) in [7, 11) is 1.57. The number of aromatic nitrogens is 1. The average molecular weight is 533 g/mol. The SMILES string of the molecule is CCOC(=O)C1CCCN(c2c(/C=C3\SC(=S)N(CCCC(=O)O)C3=O)c(C)c(C#N)c(=O)n2C)C1. The Hall–Kier alpha value is -3.17. The summed E-state index contributed by atoms with van der Waals surface area (Å²) in [4.78, 5) is 53.0. The standard InChI is InChI=1S/C24H28N4O6S2/c1-4-34-23(33)15-7-5-9-27(13-15)20-16(14(2)17(12-25)21(31)26(20)3)11-18-22(32)28(24(35)36-18)10-6-8-19(29)30/h11,15H,4-10,13H2,1-3H3,(H,29,30)/b18-11-. The number of rotatable bonds is 8. The average Bonchev–Trinajstić information content (AvgIpc) is 3.10. The molecule has 1 atom stereocenters. The number of hydrogen-bond acceptors (Lipinski definition) is 9. The molecule has 10 nitrogen and oxygen atoms in total. The van der Waals surface area contributed by atoms with E-state index in [1.165, 1.54) is 9.47 Å². The number of hydrogen-bond donors (Lipinski definition) is 1. The van der Waals surface area contributed by atoms with Gasteiger partial charge in [-0.15, -0.1) is 0 Å². The van der Waals surface area contributed by atoms with Crippen LogP contribution in [-0.4, -0.2) is 63.0 Å². The van der Waals surface area contributed by atoms with Crippen LogP contribution in [0.4, 0.5) is 5.82 Å². The molecule has 12 heteroatoms. The maximum Gasteiger partial charge on any atom is 0.310 e. The number of carboxylic acids is 1. The Balaban J connectivity index is 2.05. The van der Waals surface area contributed by atoms with Gasteiger partial charge in [0.05, 0.1) is 17.4 Å². The van der Waals surface area contributed by atoms with Crippen molar-refractivity contribution in [2.75, 3.05) is 31.1 Å². The zero-order valence-electron chi connectivity index (χ0n) is 20.4. The maximum atomic E-state index is 13.1. The number of carbonyl (C=O) groups is 3. The number of esters is 1. The van der Waals surface area contributed by atoms with Crippen LogP contribution in [0.15, 0.2) is 9.70 Å². The second kappa shape index (κ2) is 11.7. The van der Waals surface area contributed by atoms with Crippen LogP contribution in [-0.2, 0) is 26.2 Å². The molecule has 2 aliphatic rings. The van der Waals surface area contributed by atoms with Gasteiger partial charge in [-0.3, -0.25) is 28.6 Å². The first kappa shape index (κ1) is 27.4. The van der Waals surface area contributed by atoms with Gasteiger partial charge in [-0.05, 0) is 44.7 Å². The molecular weight excluding hydrogens is 504 g/mol. The van der Waals surface area contributed by atoms with Crippen LogP contribution in [0, 0.1) is 24.2 Å². The quantitative estimate of drug-likeness (QED) is 0.302. The largest absolute Gasteiger partial charge is 0.481 e. The van der Waals surface area contributed by atoms with Gasteiger partial charge < -0.3 is 14.7 Å². The summed E-state index contributed by atoms with van der Waals surface area (Å²) in [6.07, 6.45) is 3.20. The maximum absolute atomic E-state index is 13.1. The zero-order chi connectivity index (χ0) is 26.6. The first-order valence-electron chi connectivity index (χ1n) is 11.6. The molecule has 0 aliphatic carbocycles. The molecule has 2 aliphatic heterocycles. The van der Waals surface area contributed by atoms with Crippen LogP contribution in [0.3, 0.4) is 0 Å². The molecule has 36 heavy (non-hydrogen) atoms. The Morgan fingerprint density at radius 2 is 2.08 bits per heavy atom. The van der Waals surface area contributed by atoms with E-state index in [0.29, 0.717) is 52.1 Å². The number of carbonyl (C=O) groups excluding carboxylic acids is 2. The van der Waals surface area contributed by atoms with E-state index < -0.39 is 11.5 Å². The Morgan fingerprint density at radius 1 is 1.36 bits per heavy atom. The van der Waals surface area contributed by atoms with Crippen molar-refractivity contribution in [1.82, 2.24) is 9.47 Å². The van der Waals surface area contributed by atoms with Crippen molar-refractivity contribution < 1.29 is 24.2 Å². The third-order valence-electron chi connectivity index (χ3n) is 6.23. The van der Waals surface area contributed by atoms with Crippen molar-refractivity contribution in [3.05, 3.63) is 31.9 Å². The first-order valence-corrected chi connectivity index (χ1v) is 12.9. The van der Waals surface area contributed by atoms with Gasteiger partial charge in [0.25, 0.3) is 11.5 Å². The minimum atomic E-state index is -0.951. The Labute approximate surface area is 218 Å².